The summed E-state index contributed by atoms with van der Waals surface area (Å²) in [7, 11) is 1.94. The van der Waals surface area contributed by atoms with Gasteiger partial charge in [0.2, 0.25) is 0 Å². The molecule has 0 bridgehead atoms. The molecule has 1 unspecified atom stereocenters. The summed E-state index contributed by atoms with van der Waals surface area (Å²) in [5, 5.41) is 21.6. The van der Waals surface area contributed by atoms with Crippen molar-refractivity contribution < 1.29 is 0 Å². The zero-order valence-electron chi connectivity index (χ0n) is 14.8. The van der Waals surface area contributed by atoms with Crippen LogP contribution in [0.1, 0.15) is 30.1 Å². The van der Waals surface area contributed by atoms with Crippen LogP contribution < -0.4 is 0 Å². The predicted molar refractivity (Wildman–Crippen MR) is 95.6 cm³/mol. The third-order valence-corrected chi connectivity index (χ3v) is 4.28. The van der Waals surface area contributed by atoms with Gasteiger partial charge in [-0.25, -0.2) is 0 Å². The maximum absolute atomic E-state index is 4.52. The molecule has 130 valence electrons. The van der Waals surface area contributed by atoms with Crippen LogP contribution in [0.4, 0.5) is 0 Å². The summed E-state index contributed by atoms with van der Waals surface area (Å²) < 4.78 is 1.95. The standard InChI is InChI=1S/C18H18N8/c1-12-5-4-6-15(11-12)26-23-16(20-24-26)13(2)17-21-22-18(25(17)3)14-7-9-19-10-8-14/h4-11,13H,1-3H3. The number of benzene rings is 1. The van der Waals surface area contributed by atoms with Crippen LogP contribution in [0.15, 0.2) is 48.8 Å². The highest BCUT2D eigenvalue weighted by Gasteiger charge is 2.22. The van der Waals surface area contributed by atoms with Crippen molar-refractivity contribution in [2.24, 2.45) is 7.05 Å². The fourth-order valence-corrected chi connectivity index (χ4v) is 2.85. The summed E-state index contributed by atoms with van der Waals surface area (Å²) in [6.07, 6.45) is 3.48. The third kappa shape index (κ3) is 2.85. The molecular formula is C18H18N8. The van der Waals surface area contributed by atoms with Gasteiger partial charge in [0.25, 0.3) is 0 Å². The summed E-state index contributed by atoms with van der Waals surface area (Å²) in [6.45, 7) is 4.03. The second kappa shape index (κ2) is 6.47. The zero-order chi connectivity index (χ0) is 18.1. The first-order valence-electron chi connectivity index (χ1n) is 8.30. The number of aromatic nitrogens is 8. The highest BCUT2D eigenvalue weighted by molar-refractivity contribution is 5.54. The fraction of sp³-hybridized carbons (Fsp3) is 0.222. The van der Waals surface area contributed by atoms with Gasteiger partial charge in [-0.3, -0.25) is 4.98 Å². The molecule has 0 aliphatic heterocycles. The molecule has 1 aromatic carbocycles. The van der Waals surface area contributed by atoms with Crippen LogP contribution in [0, 0.1) is 6.92 Å². The van der Waals surface area contributed by atoms with Crippen LogP contribution in [0.2, 0.25) is 0 Å². The lowest BCUT2D eigenvalue weighted by Crippen LogP contribution is -2.08. The van der Waals surface area contributed by atoms with Crippen molar-refractivity contribution in [3.05, 3.63) is 66.0 Å². The van der Waals surface area contributed by atoms with Crippen LogP contribution in [-0.4, -0.2) is 40.0 Å². The number of pyridine rings is 1. The molecule has 8 nitrogen and oxygen atoms in total. The van der Waals surface area contributed by atoms with E-state index in [-0.39, 0.29) is 5.92 Å². The lowest BCUT2D eigenvalue weighted by atomic mass is 10.1. The van der Waals surface area contributed by atoms with Crippen LogP contribution in [0.3, 0.4) is 0 Å². The van der Waals surface area contributed by atoms with E-state index in [9.17, 15) is 0 Å². The maximum atomic E-state index is 4.52. The Bertz CT molecular complexity index is 1030. The molecule has 3 heterocycles. The van der Waals surface area contributed by atoms with Gasteiger partial charge in [-0.05, 0) is 48.9 Å². The monoisotopic (exact) mass is 346 g/mol. The van der Waals surface area contributed by atoms with Crippen molar-refractivity contribution in [1.29, 1.82) is 0 Å². The molecule has 0 fully saturated rings. The van der Waals surface area contributed by atoms with Crippen molar-refractivity contribution in [3.63, 3.8) is 0 Å². The van der Waals surface area contributed by atoms with E-state index in [2.05, 4.69) is 30.6 Å². The summed E-state index contributed by atoms with van der Waals surface area (Å²) in [4.78, 5) is 5.58. The summed E-state index contributed by atoms with van der Waals surface area (Å²) in [5.41, 5.74) is 2.99. The molecule has 1 atom stereocenters. The molecule has 4 rings (SSSR count). The molecule has 0 amide bonds. The Kier molecular flexibility index (Phi) is 4.00. The Morgan fingerprint density at radius 1 is 1.00 bits per heavy atom. The number of hydrogen-bond donors (Lipinski definition) is 0. The second-order valence-electron chi connectivity index (χ2n) is 6.17. The Morgan fingerprint density at radius 2 is 1.81 bits per heavy atom. The molecule has 0 saturated heterocycles. The number of nitrogens with zero attached hydrogens (tertiary/aromatic N) is 8. The number of hydrogen-bond acceptors (Lipinski definition) is 6. The molecule has 3 aromatic heterocycles. The normalized spacial score (nSPS) is 12.3. The molecule has 0 spiro atoms. The summed E-state index contributed by atoms with van der Waals surface area (Å²) in [5.74, 6) is 2.02. The van der Waals surface area contributed by atoms with E-state index in [0.29, 0.717) is 5.82 Å². The largest absolute Gasteiger partial charge is 0.314 e. The first kappa shape index (κ1) is 16.1. The van der Waals surface area contributed by atoms with Gasteiger partial charge in [-0.2, -0.15) is 0 Å². The van der Waals surface area contributed by atoms with E-state index < -0.39 is 0 Å². The molecule has 0 radical (unpaired) electrons. The Balaban J connectivity index is 1.65. The zero-order valence-corrected chi connectivity index (χ0v) is 14.8. The molecule has 0 N–H and O–H groups in total. The Morgan fingerprint density at radius 3 is 2.58 bits per heavy atom. The van der Waals surface area contributed by atoms with Gasteiger partial charge in [0.1, 0.15) is 5.82 Å². The smallest absolute Gasteiger partial charge is 0.185 e. The highest BCUT2D eigenvalue weighted by atomic mass is 15.6. The van der Waals surface area contributed by atoms with Crippen molar-refractivity contribution in [2.45, 2.75) is 19.8 Å². The van der Waals surface area contributed by atoms with E-state index in [1.807, 2.05) is 61.9 Å². The molecule has 8 heteroatoms. The summed E-state index contributed by atoms with van der Waals surface area (Å²) in [6, 6.07) is 11.8. The summed E-state index contributed by atoms with van der Waals surface area (Å²) >= 11 is 0. The first-order valence-corrected chi connectivity index (χ1v) is 8.30. The maximum Gasteiger partial charge on any atom is 0.185 e. The van der Waals surface area contributed by atoms with Crippen molar-refractivity contribution in [1.82, 2.24) is 40.0 Å². The van der Waals surface area contributed by atoms with Crippen molar-refractivity contribution >= 4 is 0 Å². The van der Waals surface area contributed by atoms with E-state index in [1.165, 1.54) is 0 Å². The average Bonchev–Trinajstić information content (AvgIpc) is 3.29. The van der Waals surface area contributed by atoms with Gasteiger partial charge >= 0.3 is 0 Å². The van der Waals surface area contributed by atoms with Crippen molar-refractivity contribution in [2.75, 3.05) is 0 Å². The SMILES string of the molecule is Cc1cccc(-n2nnc(C(C)c3nnc(-c4ccncc4)n3C)n2)c1. The first-order chi connectivity index (χ1) is 12.6. The van der Waals surface area contributed by atoms with Crippen LogP contribution >= 0.6 is 0 Å². The number of tetrazole rings is 1. The van der Waals surface area contributed by atoms with Crippen LogP contribution in [-0.2, 0) is 7.05 Å². The molecule has 0 aliphatic rings. The second-order valence-corrected chi connectivity index (χ2v) is 6.17. The Hall–Kier alpha value is -3.42. The quantitative estimate of drug-likeness (QED) is 0.563. The molecule has 26 heavy (non-hydrogen) atoms. The third-order valence-electron chi connectivity index (χ3n) is 4.28. The van der Waals surface area contributed by atoms with E-state index >= 15 is 0 Å². The predicted octanol–water partition coefficient (Wildman–Crippen LogP) is 2.31. The van der Waals surface area contributed by atoms with Crippen LogP contribution in [0.25, 0.3) is 17.1 Å². The topological polar surface area (TPSA) is 87.2 Å². The molecule has 0 aliphatic carbocycles. The van der Waals surface area contributed by atoms with E-state index in [1.54, 1.807) is 17.2 Å². The minimum Gasteiger partial charge on any atom is -0.314 e. The van der Waals surface area contributed by atoms with Gasteiger partial charge in [-0.1, -0.05) is 12.1 Å². The lowest BCUT2D eigenvalue weighted by molar-refractivity contribution is 0.690. The average molecular weight is 346 g/mol. The van der Waals surface area contributed by atoms with E-state index in [0.717, 1.165) is 28.5 Å². The van der Waals surface area contributed by atoms with Gasteiger partial charge in [0.05, 0.1) is 11.6 Å². The van der Waals surface area contributed by atoms with Gasteiger partial charge < -0.3 is 4.57 Å². The minimum absolute atomic E-state index is 0.137. The highest BCUT2D eigenvalue weighted by Crippen LogP contribution is 2.23. The van der Waals surface area contributed by atoms with Crippen LogP contribution in [0.5, 0.6) is 0 Å². The minimum atomic E-state index is -0.137. The number of rotatable bonds is 4. The van der Waals surface area contributed by atoms with Gasteiger partial charge in [0, 0.05) is 25.0 Å². The fourth-order valence-electron chi connectivity index (χ4n) is 2.85. The van der Waals surface area contributed by atoms with Gasteiger partial charge in [0.15, 0.2) is 11.6 Å². The Labute approximate surface area is 150 Å². The van der Waals surface area contributed by atoms with Gasteiger partial charge in [-0.15, -0.1) is 25.2 Å². The molecular weight excluding hydrogens is 328 g/mol. The van der Waals surface area contributed by atoms with Crippen molar-refractivity contribution in [3.8, 4) is 17.1 Å². The molecule has 4 aromatic rings. The van der Waals surface area contributed by atoms with E-state index in [4.69, 9.17) is 0 Å². The molecule has 0 saturated carbocycles. The number of aryl methyl sites for hydroxylation is 1. The lowest BCUT2D eigenvalue weighted by Gasteiger charge is -2.07.